The Kier molecular flexibility index (Phi) is 7.94. The predicted molar refractivity (Wildman–Crippen MR) is 117 cm³/mol. The summed E-state index contributed by atoms with van der Waals surface area (Å²) < 4.78 is 6.02. The predicted octanol–water partition coefficient (Wildman–Crippen LogP) is 4.21. The van der Waals surface area contributed by atoms with Crippen molar-refractivity contribution < 1.29 is 14.3 Å². The highest BCUT2D eigenvalue weighted by Crippen LogP contribution is 2.32. The van der Waals surface area contributed by atoms with Gasteiger partial charge in [-0.1, -0.05) is 41.4 Å². The third kappa shape index (κ3) is 5.23. The maximum Gasteiger partial charge on any atom is 0.219 e. The summed E-state index contributed by atoms with van der Waals surface area (Å²) in [5, 5.41) is 0.742. The number of carbonyl (C=O) groups is 2. The van der Waals surface area contributed by atoms with Gasteiger partial charge in [-0.3, -0.25) is 4.79 Å². The number of halogens is 3. The van der Waals surface area contributed by atoms with E-state index in [0.717, 1.165) is 12.8 Å². The van der Waals surface area contributed by atoms with Crippen molar-refractivity contribution in [2.75, 3.05) is 13.1 Å². The Hall–Kier alpha value is -1.79. The second-order valence-corrected chi connectivity index (χ2v) is 7.78. The fraction of sp³-hybridized carbons (Fsp3) is 0.333. The number of hydrogen-bond acceptors (Lipinski definition) is 4. The number of benzene rings is 2. The molecule has 1 atom stereocenters. The number of likely N-dealkylation sites (tertiary alicyclic amines) is 1. The highest BCUT2D eigenvalue weighted by molar-refractivity contribution is 6.42. The molecule has 1 heterocycles. The van der Waals surface area contributed by atoms with E-state index in [9.17, 15) is 9.59 Å². The minimum atomic E-state index is -1.33. The standard InChI is InChI=1S/C21H22Cl2N2O3.ClH/c1-14(27)25-10-8-18(9-11-25)28-17-5-2-15(3-6-17)21(24,13-26)16-4-7-19(22)20(23)12-16;/h2-7,12-13,18H,8-11,24H2,1H3;1H. The Balaban J connectivity index is 0.00000300. The fourth-order valence-electron chi connectivity index (χ4n) is 3.35. The van der Waals surface area contributed by atoms with Crippen molar-refractivity contribution in [1.29, 1.82) is 0 Å². The van der Waals surface area contributed by atoms with Gasteiger partial charge in [-0.2, -0.15) is 0 Å². The van der Waals surface area contributed by atoms with Gasteiger partial charge >= 0.3 is 0 Å². The third-order valence-electron chi connectivity index (χ3n) is 5.11. The molecule has 0 aromatic heterocycles. The zero-order valence-corrected chi connectivity index (χ0v) is 18.3. The zero-order chi connectivity index (χ0) is 20.3. The number of rotatable bonds is 5. The van der Waals surface area contributed by atoms with Crippen LogP contribution >= 0.6 is 35.6 Å². The van der Waals surface area contributed by atoms with Crippen LogP contribution in [0.1, 0.15) is 30.9 Å². The maximum atomic E-state index is 11.8. The molecule has 0 spiro atoms. The summed E-state index contributed by atoms with van der Waals surface area (Å²) in [5.41, 5.74) is 6.24. The molecule has 1 aliphatic rings. The van der Waals surface area contributed by atoms with Crippen LogP contribution in [-0.4, -0.2) is 36.3 Å². The first-order valence-electron chi connectivity index (χ1n) is 9.07. The second-order valence-electron chi connectivity index (χ2n) is 6.96. The number of nitrogens with two attached hydrogens (primary N) is 1. The van der Waals surface area contributed by atoms with Gasteiger partial charge < -0.3 is 20.2 Å². The molecule has 2 aromatic carbocycles. The summed E-state index contributed by atoms with van der Waals surface area (Å²) in [6.07, 6.45) is 2.34. The van der Waals surface area contributed by atoms with Gasteiger partial charge in [0.15, 0.2) is 0 Å². The third-order valence-corrected chi connectivity index (χ3v) is 5.84. The highest BCUT2D eigenvalue weighted by atomic mass is 35.5. The molecular formula is C21H23Cl3N2O3. The molecule has 2 aromatic rings. The normalized spacial score (nSPS) is 16.5. The second kappa shape index (κ2) is 9.81. The van der Waals surface area contributed by atoms with Gasteiger partial charge in [0.05, 0.1) is 10.0 Å². The van der Waals surface area contributed by atoms with Gasteiger partial charge in [-0.25, -0.2) is 0 Å². The molecule has 0 radical (unpaired) electrons. The van der Waals surface area contributed by atoms with E-state index >= 15 is 0 Å². The molecule has 1 aliphatic heterocycles. The van der Waals surface area contributed by atoms with Crippen LogP contribution in [0.3, 0.4) is 0 Å². The van der Waals surface area contributed by atoms with E-state index < -0.39 is 5.54 Å². The van der Waals surface area contributed by atoms with E-state index in [1.165, 1.54) is 0 Å². The van der Waals surface area contributed by atoms with E-state index in [4.69, 9.17) is 33.7 Å². The van der Waals surface area contributed by atoms with E-state index in [0.29, 0.717) is 46.3 Å². The van der Waals surface area contributed by atoms with Crippen LogP contribution in [0.2, 0.25) is 10.0 Å². The minimum Gasteiger partial charge on any atom is -0.490 e. The van der Waals surface area contributed by atoms with E-state index in [1.807, 2.05) is 4.90 Å². The topological polar surface area (TPSA) is 72.6 Å². The first-order chi connectivity index (χ1) is 13.3. The number of carbonyl (C=O) groups excluding carboxylic acids is 2. The van der Waals surface area contributed by atoms with Crippen LogP contribution in [-0.2, 0) is 15.1 Å². The quantitative estimate of drug-likeness (QED) is 0.683. The Bertz CT molecular complexity index is 868. The molecule has 156 valence electrons. The number of aldehydes is 1. The summed E-state index contributed by atoms with van der Waals surface area (Å²) in [6, 6.07) is 12.1. The van der Waals surface area contributed by atoms with Crippen molar-refractivity contribution in [3.8, 4) is 5.75 Å². The van der Waals surface area contributed by atoms with Crippen molar-refractivity contribution in [2.24, 2.45) is 5.73 Å². The number of piperidine rings is 1. The van der Waals surface area contributed by atoms with E-state index in [2.05, 4.69) is 0 Å². The van der Waals surface area contributed by atoms with Crippen LogP contribution in [0.4, 0.5) is 0 Å². The number of ether oxygens (including phenoxy) is 1. The van der Waals surface area contributed by atoms with Crippen molar-refractivity contribution in [2.45, 2.75) is 31.4 Å². The summed E-state index contributed by atoms with van der Waals surface area (Å²) in [4.78, 5) is 25.1. The number of amides is 1. The lowest BCUT2D eigenvalue weighted by atomic mass is 9.85. The summed E-state index contributed by atoms with van der Waals surface area (Å²) >= 11 is 12.0. The molecule has 0 saturated carbocycles. The van der Waals surface area contributed by atoms with Crippen LogP contribution in [0, 0.1) is 0 Å². The summed E-state index contributed by atoms with van der Waals surface area (Å²) in [6.45, 7) is 2.98. The van der Waals surface area contributed by atoms with E-state index in [-0.39, 0.29) is 24.4 Å². The van der Waals surface area contributed by atoms with Gasteiger partial charge in [0.1, 0.15) is 23.7 Å². The summed E-state index contributed by atoms with van der Waals surface area (Å²) in [5.74, 6) is 0.797. The molecule has 1 amide bonds. The molecule has 0 aliphatic carbocycles. The van der Waals surface area contributed by atoms with Gasteiger partial charge in [-0.05, 0) is 35.4 Å². The van der Waals surface area contributed by atoms with Crippen molar-refractivity contribution in [1.82, 2.24) is 4.90 Å². The van der Waals surface area contributed by atoms with Gasteiger partial charge in [-0.15, -0.1) is 12.4 Å². The lowest BCUT2D eigenvalue weighted by Gasteiger charge is -2.31. The molecule has 1 fully saturated rings. The molecule has 3 rings (SSSR count). The molecule has 2 N–H and O–H groups in total. The molecule has 8 heteroatoms. The maximum absolute atomic E-state index is 11.8. The van der Waals surface area contributed by atoms with Gasteiger partial charge in [0.25, 0.3) is 0 Å². The lowest BCUT2D eigenvalue weighted by Crippen LogP contribution is -2.40. The molecule has 1 unspecified atom stereocenters. The largest absolute Gasteiger partial charge is 0.490 e. The van der Waals surface area contributed by atoms with E-state index in [1.54, 1.807) is 49.4 Å². The number of hydrogen-bond donors (Lipinski definition) is 1. The van der Waals surface area contributed by atoms with Gasteiger partial charge in [0, 0.05) is 32.9 Å². The Morgan fingerprint density at radius 3 is 2.21 bits per heavy atom. The first-order valence-corrected chi connectivity index (χ1v) is 9.82. The van der Waals surface area contributed by atoms with Crippen molar-refractivity contribution in [3.63, 3.8) is 0 Å². The SMILES string of the molecule is CC(=O)N1CCC(Oc2ccc(C(N)(C=O)c3ccc(Cl)c(Cl)c3)cc2)CC1.Cl. The Labute approximate surface area is 186 Å². The molecular weight excluding hydrogens is 435 g/mol. The Morgan fingerprint density at radius 1 is 1.10 bits per heavy atom. The Morgan fingerprint density at radius 2 is 1.69 bits per heavy atom. The molecule has 29 heavy (non-hydrogen) atoms. The minimum absolute atomic E-state index is 0. The summed E-state index contributed by atoms with van der Waals surface area (Å²) in [7, 11) is 0. The van der Waals surface area contributed by atoms with Crippen LogP contribution in [0.25, 0.3) is 0 Å². The molecule has 1 saturated heterocycles. The average molecular weight is 458 g/mol. The lowest BCUT2D eigenvalue weighted by molar-refractivity contribution is -0.130. The van der Waals surface area contributed by atoms with Crippen LogP contribution in [0.5, 0.6) is 5.75 Å². The van der Waals surface area contributed by atoms with Crippen molar-refractivity contribution >= 4 is 47.8 Å². The van der Waals surface area contributed by atoms with Gasteiger partial charge in [0.2, 0.25) is 5.91 Å². The zero-order valence-electron chi connectivity index (χ0n) is 15.9. The molecule has 0 bridgehead atoms. The average Bonchev–Trinajstić information content (AvgIpc) is 2.70. The highest BCUT2D eigenvalue weighted by Gasteiger charge is 2.30. The number of nitrogens with zero attached hydrogens (tertiary/aromatic N) is 1. The van der Waals surface area contributed by atoms with Crippen molar-refractivity contribution in [3.05, 3.63) is 63.6 Å². The van der Waals surface area contributed by atoms with Crippen LogP contribution < -0.4 is 10.5 Å². The monoisotopic (exact) mass is 456 g/mol. The fourth-order valence-corrected chi connectivity index (χ4v) is 3.64. The first kappa shape index (κ1) is 23.5. The smallest absolute Gasteiger partial charge is 0.219 e. The molecule has 5 nitrogen and oxygen atoms in total. The van der Waals surface area contributed by atoms with Crippen LogP contribution in [0.15, 0.2) is 42.5 Å².